The lowest BCUT2D eigenvalue weighted by Gasteiger charge is -2.25. The van der Waals surface area contributed by atoms with Crippen LogP contribution in [0.3, 0.4) is 0 Å². The zero-order chi connectivity index (χ0) is 22.3. The number of halogens is 3. The van der Waals surface area contributed by atoms with E-state index in [1.54, 1.807) is 6.07 Å². The molecule has 9 heteroatoms. The van der Waals surface area contributed by atoms with E-state index in [0.29, 0.717) is 16.9 Å². The normalized spacial score (nSPS) is 21.6. The van der Waals surface area contributed by atoms with Gasteiger partial charge < -0.3 is 4.90 Å². The van der Waals surface area contributed by atoms with E-state index in [9.17, 15) is 13.2 Å². The number of anilines is 1. The van der Waals surface area contributed by atoms with Crippen LogP contribution in [0.1, 0.15) is 29.5 Å². The Morgan fingerprint density at radius 1 is 1.06 bits per heavy atom. The molecule has 166 valence electrons. The van der Waals surface area contributed by atoms with Crippen LogP contribution in [0, 0.1) is 16.7 Å². The quantitative estimate of drug-likeness (QED) is 0.618. The lowest BCUT2D eigenvalue weighted by Crippen LogP contribution is -2.31. The van der Waals surface area contributed by atoms with Crippen molar-refractivity contribution in [1.29, 1.82) is 5.26 Å². The standard InChI is InChI=1S/C23H23F3N6/c24-23(25,26)10-19-9-20-21(28-16-29-32(20)13-19)31-8-6-22(15-31)5-7-30(14-22)12-18-3-1-17(11-27)2-4-18/h1-4,9,13,16H,5-8,10,12,14-15H2. The van der Waals surface area contributed by atoms with Crippen LogP contribution in [-0.2, 0) is 13.0 Å². The molecule has 5 rings (SSSR count). The Hall–Kier alpha value is -3.12. The van der Waals surface area contributed by atoms with Crippen molar-refractivity contribution in [3.05, 3.63) is 59.5 Å². The van der Waals surface area contributed by atoms with Crippen molar-refractivity contribution in [2.24, 2.45) is 5.41 Å². The summed E-state index contributed by atoms with van der Waals surface area (Å²) >= 11 is 0. The van der Waals surface area contributed by atoms with E-state index in [2.05, 4.69) is 26.0 Å². The van der Waals surface area contributed by atoms with Gasteiger partial charge in [-0.05, 0) is 48.7 Å². The predicted octanol–water partition coefficient (Wildman–Crippen LogP) is 3.81. The van der Waals surface area contributed by atoms with Gasteiger partial charge in [0, 0.05) is 37.8 Å². The van der Waals surface area contributed by atoms with Crippen molar-refractivity contribution >= 4 is 11.3 Å². The molecule has 6 nitrogen and oxygen atoms in total. The highest BCUT2D eigenvalue weighted by Crippen LogP contribution is 2.42. The van der Waals surface area contributed by atoms with Crippen LogP contribution in [0.2, 0.25) is 0 Å². The fourth-order valence-electron chi connectivity index (χ4n) is 5.10. The minimum Gasteiger partial charge on any atom is -0.354 e. The average Bonchev–Trinajstić information content (AvgIpc) is 3.46. The Balaban J connectivity index is 1.29. The van der Waals surface area contributed by atoms with Crippen molar-refractivity contribution in [3.8, 4) is 6.07 Å². The Labute approximate surface area is 183 Å². The van der Waals surface area contributed by atoms with Crippen molar-refractivity contribution < 1.29 is 13.2 Å². The maximum atomic E-state index is 12.8. The molecule has 0 amide bonds. The third-order valence-electron chi connectivity index (χ3n) is 6.59. The Bertz CT molecular complexity index is 1160. The summed E-state index contributed by atoms with van der Waals surface area (Å²) in [5.41, 5.74) is 2.84. The first kappa shape index (κ1) is 20.8. The number of rotatable bonds is 4. The first-order chi connectivity index (χ1) is 15.3. The van der Waals surface area contributed by atoms with Gasteiger partial charge in [-0.2, -0.15) is 23.5 Å². The second-order valence-corrected chi connectivity index (χ2v) is 8.99. The lowest BCUT2D eigenvalue weighted by molar-refractivity contribution is -0.127. The number of alkyl halides is 3. The van der Waals surface area contributed by atoms with Crippen molar-refractivity contribution in [2.45, 2.75) is 32.0 Å². The van der Waals surface area contributed by atoms with E-state index in [0.717, 1.165) is 45.6 Å². The van der Waals surface area contributed by atoms with Gasteiger partial charge in [0.05, 0.1) is 18.1 Å². The van der Waals surface area contributed by atoms with Crippen LogP contribution in [0.15, 0.2) is 42.9 Å². The van der Waals surface area contributed by atoms with Crippen molar-refractivity contribution in [3.63, 3.8) is 0 Å². The van der Waals surface area contributed by atoms with Gasteiger partial charge in [0.25, 0.3) is 0 Å². The molecule has 0 bridgehead atoms. The van der Waals surface area contributed by atoms with Gasteiger partial charge in [0.2, 0.25) is 0 Å². The minimum absolute atomic E-state index is 0.163. The molecule has 32 heavy (non-hydrogen) atoms. The zero-order valence-electron chi connectivity index (χ0n) is 17.5. The molecule has 1 atom stereocenters. The molecule has 0 N–H and O–H groups in total. The summed E-state index contributed by atoms with van der Waals surface area (Å²) in [7, 11) is 0. The van der Waals surface area contributed by atoms with Crippen molar-refractivity contribution in [2.75, 3.05) is 31.1 Å². The van der Waals surface area contributed by atoms with Crippen LogP contribution < -0.4 is 4.90 Å². The van der Waals surface area contributed by atoms with Gasteiger partial charge in [-0.3, -0.25) is 4.90 Å². The molecule has 1 aromatic carbocycles. The van der Waals surface area contributed by atoms with E-state index >= 15 is 0 Å². The second kappa shape index (κ2) is 7.78. The van der Waals surface area contributed by atoms with E-state index in [-0.39, 0.29) is 11.0 Å². The molecule has 2 aromatic heterocycles. The van der Waals surface area contributed by atoms with Crippen LogP contribution in [0.5, 0.6) is 0 Å². The van der Waals surface area contributed by atoms with Gasteiger partial charge in [-0.1, -0.05) is 12.1 Å². The highest BCUT2D eigenvalue weighted by atomic mass is 19.4. The summed E-state index contributed by atoms with van der Waals surface area (Å²) in [5.74, 6) is 0.704. The molecule has 0 saturated carbocycles. The highest BCUT2D eigenvalue weighted by molar-refractivity contribution is 5.70. The number of fused-ring (bicyclic) bond motifs is 1. The van der Waals surface area contributed by atoms with E-state index in [1.165, 1.54) is 22.6 Å². The maximum absolute atomic E-state index is 12.8. The monoisotopic (exact) mass is 440 g/mol. The smallest absolute Gasteiger partial charge is 0.354 e. The average molecular weight is 440 g/mol. The number of nitrogens with zero attached hydrogens (tertiary/aromatic N) is 6. The molecular formula is C23H23F3N6. The highest BCUT2D eigenvalue weighted by Gasteiger charge is 2.44. The number of likely N-dealkylation sites (tertiary alicyclic amines) is 1. The van der Waals surface area contributed by atoms with E-state index < -0.39 is 12.6 Å². The Kier molecular flexibility index (Phi) is 5.05. The summed E-state index contributed by atoms with van der Waals surface area (Å²) in [6.07, 6.45) is -0.252. The Morgan fingerprint density at radius 2 is 1.84 bits per heavy atom. The molecule has 0 aliphatic carbocycles. The van der Waals surface area contributed by atoms with Gasteiger partial charge in [0.1, 0.15) is 11.8 Å². The Morgan fingerprint density at radius 3 is 2.59 bits per heavy atom. The number of aromatic nitrogens is 3. The van der Waals surface area contributed by atoms with Crippen LogP contribution in [0.4, 0.5) is 19.0 Å². The summed E-state index contributed by atoms with van der Waals surface area (Å²) < 4.78 is 40.0. The molecule has 3 aromatic rings. The first-order valence-electron chi connectivity index (χ1n) is 10.7. The SMILES string of the molecule is N#Cc1ccc(CN2CCC3(CCN(c4ncnn5cc(CC(F)(F)F)cc45)C3)C2)cc1. The molecule has 0 radical (unpaired) electrons. The predicted molar refractivity (Wildman–Crippen MR) is 113 cm³/mol. The molecule has 1 unspecified atom stereocenters. The van der Waals surface area contributed by atoms with Gasteiger partial charge >= 0.3 is 6.18 Å². The largest absolute Gasteiger partial charge is 0.393 e. The molecule has 2 saturated heterocycles. The molecule has 2 aliphatic rings. The summed E-state index contributed by atoms with van der Waals surface area (Å²) in [5, 5.41) is 13.1. The summed E-state index contributed by atoms with van der Waals surface area (Å²) in [6.45, 7) is 4.50. The molecule has 1 spiro atoms. The molecule has 2 aliphatic heterocycles. The molecular weight excluding hydrogens is 417 g/mol. The van der Waals surface area contributed by atoms with E-state index in [4.69, 9.17) is 5.26 Å². The van der Waals surface area contributed by atoms with Crippen molar-refractivity contribution in [1.82, 2.24) is 19.5 Å². The lowest BCUT2D eigenvalue weighted by atomic mass is 9.86. The fourth-order valence-corrected chi connectivity index (χ4v) is 5.10. The second-order valence-electron chi connectivity index (χ2n) is 8.99. The molecule has 2 fully saturated rings. The van der Waals surface area contributed by atoms with Gasteiger partial charge in [-0.15, -0.1) is 0 Å². The molecule has 4 heterocycles. The minimum atomic E-state index is -4.25. The first-order valence-corrected chi connectivity index (χ1v) is 10.7. The van der Waals surface area contributed by atoms with Crippen LogP contribution >= 0.6 is 0 Å². The number of nitriles is 1. The van der Waals surface area contributed by atoms with Crippen LogP contribution in [-0.4, -0.2) is 51.9 Å². The topological polar surface area (TPSA) is 60.5 Å². The third-order valence-corrected chi connectivity index (χ3v) is 6.59. The maximum Gasteiger partial charge on any atom is 0.393 e. The number of hydrogen-bond donors (Lipinski definition) is 0. The van der Waals surface area contributed by atoms with Crippen LogP contribution in [0.25, 0.3) is 5.52 Å². The third kappa shape index (κ3) is 4.15. The number of hydrogen-bond acceptors (Lipinski definition) is 5. The number of benzene rings is 1. The summed E-state index contributed by atoms with van der Waals surface area (Å²) in [6, 6.07) is 11.4. The van der Waals surface area contributed by atoms with E-state index in [1.807, 2.05) is 24.3 Å². The van der Waals surface area contributed by atoms with Gasteiger partial charge in [0.15, 0.2) is 5.82 Å². The fraction of sp³-hybridized carbons (Fsp3) is 0.435. The van der Waals surface area contributed by atoms with Gasteiger partial charge in [-0.25, -0.2) is 9.50 Å². The zero-order valence-corrected chi connectivity index (χ0v) is 17.5. The summed E-state index contributed by atoms with van der Waals surface area (Å²) in [4.78, 5) is 9.07.